The molecule has 1 unspecified atom stereocenters. The van der Waals surface area contributed by atoms with Gasteiger partial charge in [-0.05, 0) is 62.8 Å². The summed E-state index contributed by atoms with van der Waals surface area (Å²) in [5, 5.41) is 3.00. The summed E-state index contributed by atoms with van der Waals surface area (Å²) >= 11 is 0. The molecule has 0 radical (unpaired) electrons. The molecule has 1 aromatic carbocycles. The SMILES string of the molecule is O=C(Nc1ccc(OC2CCCC2)cc1)N1CCCC(n2ccnc2)C1. The van der Waals surface area contributed by atoms with E-state index in [9.17, 15) is 4.79 Å². The van der Waals surface area contributed by atoms with E-state index in [0.29, 0.717) is 18.7 Å². The number of hydrogen-bond donors (Lipinski definition) is 1. The maximum Gasteiger partial charge on any atom is 0.321 e. The summed E-state index contributed by atoms with van der Waals surface area (Å²) in [5.41, 5.74) is 0.804. The summed E-state index contributed by atoms with van der Waals surface area (Å²) in [7, 11) is 0. The Labute approximate surface area is 154 Å². The molecule has 2 heterocycles. The topological polar surface area (TPSA) is 59.4 Å². The molecule has 1 atom stereocenters. The molecule has 26 heavy (non-hydrogen) atoms. The third-order valence-electron chi connectivity index (χ3n) is 5.34. The van der Waals surface area contributed by atoms with Crippen LogP contribution in [0.25, 0.3) is 0 Å². The second-order valence-electron chi connectivity index (χ2n) is 7.23. The van der Waals surface area contributed by atoms with Crippen molar-refractivity contribution < 1.29 is 9.53 Å². The number of hydrogen-bond acceptors (Lipinski definition) is 3. The van der Waals surface area contributed by atoms with Crippen molar-refractivity contribution in [3.63, 3.8) is 0 Å². The molecule has 1 saturated heterocycles. The van der Waals surface area contributed by atoms with Gasteiger partial charge in [-0.2, -0.15) is 0 Å². The Hall–Kier alpha value is -2.50. The van der Waals surface area contributed by atoms with Gasteiger partial charge in [0.25, 0.3) is 0 Å². The molecular formula is C20H26N4O2. The number of rotatable bonds is 4. The maximum atomic E-state index is 12.6. The lowest BCUT2D eigenvalue weighted by Crippen LogP contribution is -2.42. The van der Waals surface area contributed by atoms with Gasteiger partial charge >= 0.3 is 6.03 Å². The molecule has 2 aromatic rings. The van der Waals surface area contributed by atoms with Crippen molar-refractivity contribution in [2.75, 3.05) is 18.4 Å². The molecule has 1 aromatic heterocycles. The number of piperidine rings is 1. The highest BCUT2D eigenvalue weighted by Crippen LogP contribution is 2.26. The lowest BCUT2D eigenvalue weighted by molar-refractivity contribution is 0.179. The smallest absolute Gasteiger partial charge is 0.321 e. The van der Waals surface area contributed by atoms with Crippen molar-refractivity contribution in [2.45, 2.75) is 50.7 Å². The summed E-state index contributed by atoms with van der Waals surface area (Å²) in [6.45, 7) is 1.50. The van der Waals surface area contributed by atoms with Gasteiger partial charge in [0.1, 0.15) is 5.75 Å². The first-order valence-corrected chi connectivity index (χ1v) is 9.58. The Balaban J connectivity index is 1.32. The number of carbonyl (C=O) groups excluding carboxylic acids is 1. The highest BCUT2D eigenvalue weighted by Gasteiger charge is 2.24. The van der Waals surface area contributed by atoms with Gasteiger partial charge < -0.3 is 19.5 Å². The number of carbonyl (C=O) groups is 1. The Morgan fingerprint density at radius 1 is 1.12 bits per heavy atom. The fraction of sp³-hybridized carbons (Fsp3) is 0.500. The molecule has 2 aliphatic rings. The lowest BCUT2D eigenvalue weighted by atomic mass is 10.1. The van der Waals surface area contributed by atoms with Gasteiger partial charge in [-0.1, -0.05) is 0 Å². The summed E-state index contributed by atoms with van der Waals surface area (Å²) in [5.74, 6) is 0.882. The number of aromatic nitrogens is 2. The second-order valence-corrected chi connectivity index (χ2v) is 7.23. The van der Waals surface area contributed by atoms with Crippen molar-refractivity contribution >= 4 is 11.7 Å². The Kier molecular flexibility index (Phi) is 5.09. The van der Waals surface area contributed by atoms with Crippen LogP contribution in [0.2, 0.25) is 0 Å². The third-order valence-corrected chi connectivity index (χ3v) is 5.34. The Morgan fingerprint density at radius 2 is 1.92 bits per heavy atom. The molecule has 6 nitrogen and oxygen atoms in total. The summed E-state index contributed by atoms with van der Waals surface area (Å²) in [6, 6.07) is 7.98. The molecule has 1 aliphatic heterocycles. The van der Waals surface area contributed by atoms with Gasteiger partial charge in [0.15, 0.2) is 0 Å². The van der Waals surface area contributed by atoms with Crippen LogP contribution in [0.1, 0.15) is 44.6 Å². The highest BCUT2D eigenvalue weighted by atomic mass is 16.5. The predicted octanol–water partition coefficient (Wildman–Crippen LogP) is 4.07. The van der Waals surface area contributed by atoms with Gasteiger partial charge in [0.2, 0.25) is 0 Å². The van der Waals surface area contributed by atoms with Crippen LogP contribution in [0.3, 0.4) is 0 Å². The van der Waals surface area contributed by atoms with Crippen LogP contribution in [-0.2, 0) is 0 Å². The minimum atomic E-state index is -0.0423. The predicted molar refractivity (Wildman–Crippen MR) is 100 cm³/mol. The van der Waals surface area contributed by atoms with E-state index in [1.807, 2.05) is 41.7 Å². The number of imidazole rings is 1. The maximum absolute atomic E-state index is 12.6. The first kappa shape index (κ1) is 16.9. The lowest BCUT2D eigenvalue weighted by Gasteiger charge is -2.33. The first-order valence-electron chi connectivity index (χ1n) is 9.58. The number of anilines is 1. The standard InChI is InChI=1S/C20H26N4O2/c25-20(23-12-3-4-17(14-23)24-13-11-21-15-24)22-16-7-9-19(10-8-16)26-18-5-1-2-6-18/h7-11,13,15,17-18H,1-6,12,14H2,(H,22,25). The zero-order valence-corrected chi connectivity index (χ0v) is 15.0. The first-order chi connectivity index (χ1) is 12.8. The quantitative estimate of drug-likeness (QED) is 0.900. The van der Waals surface area contributed by atoms with Crippen molar-refractivity contribution in [3.05, 3.63) is 43.0 Å². The van der Waals surface area contributed by atoms with E-state index < -0.39 is 0 Å². The number of likely N-dealkylation sites (tertiary alicyclic amines) is 1. The second kappa shape index (κ2) is 7.81. The summed E-state index contributed by atoms with van der Waals surface area (Å²) in [4.78, 5) is 18.6. The Bertz CT molecular complexity index is 708. The van der Waals surface area contributed by atoms with Crippen molar-refractivity contribution in [1.29, 1.82) is 0 Å². The van der Waals surface area contributed by atoms with Gasteiger partial charge in [-0.3, -0.25) is 0 Å². The number of urea groups is 1. The fourth-order valence-electron chi connectivity index (χ4n) is 3.89. The van der Waals surface area contributed by atoms with Crippen LogP contribution in [0.15, 0.2) is 43.0 Å². The molecule has 138 valence electrons. The van der Waals surface area contributed by atoms with Crippen LogP contribution < -0.4 is 10.1 Å². The zero-order valence-electron chi connectivity index (χ0n) is 15.0. The molecule has 4 rings (SSSR count). The molecule has 1 aliphatic carbocycles. The van der Waals surface area contributed by atoms with Gasteiger partial charge in [0, 0.05) is 31.2 Å². The molecule has 2 fully saturated rings. The molecular weight excluding hydrogens is 328 g/mol. The Morgan fingerprint density at radius 3 is 2.65 bits per heavy atom. The van der Waals surface area contributed by atoms with Crippen molar-refractivity contribution in [3.8, 4) is 5.75 Å². The number of ether oxygens (including phenoxy) is 1. The average molecular weight is 354 g/mol. The van der Waals surface area contributed by atoms with Crippen LogP contribution in [0, 0.1) is 0 Å². The van der Waals surface area contributed by atoms with Gasteiger partial charge in [0.05, 0.1) is 18.5 Å². The number of amides is 2. The van der Waals surface area contributed by atoms with E-state index in [4.69, 9.17) is 4.74 Å². The molecule has 0 spiro atoms. The fourth-order valence-corrected chi connectivity index (χ4v) is 3.89. The van der Waals surface area contributed by atoms with E-state index in [1.54, 1.807) is 6.20 Å². The van der Waals surface area contributed by atoms with E-state index in [1.165, 1.54) is 12.8 Å². The van der Waals surface area contributed by atoms with Crippen LogP contribution >= 0.6 is 0 Å². The highest BCUT2D eigenvalue weighted by molar-refractivity contribution is 5.89. The minimum absolute atomic E-state index is 0.0423. The number of nitrogens with zero attached hydrogens (tertiary/aromatic N) is 3. The number of benzene rings is 1. The average Bonchev–Trinajstić information content (AvgIpc) is 3.37. The van der Waals surface area contributed by atoms with E-state index in [0.717, 1.165) is 43.7 Å². The van der Waals surface area contributed by atoms with Gasteiger partial charge in [-0.25, -0.2) is 9.78 Å². The normalized spacial score (nSPS) is 20.9. The summed E-state index contributed by atoms with van der Waals surface area (Å²) in [6.07, 6.45) is 12.8. The third kappa shape index (κ3) is 4.00. The van der Waals surface area contributed by atoms with E-state index >= 15 is 0 Å². The minimum Gasteiger partial charge on any atom is -0.490 e. The molecule has 2 amide bonds. The number of nitrogens with one attached hydrogen (secondary N) is 1. The zero-order chi connectivity index (χ0) is 17.8. The monoisotopic (exact) mass is 354 g/mol. The van der Waals surface area contributed by atoms with Crippen molar-refractivity contribution in [1.82, 2.24) is 14.5 Å². The van der Waals surface area contributed by atoms with Crippen LogP contribution in [0.4, 0.5) is 10.5 Å². The summed E-state index contributed by atoms with van der Waals surface area (Å²) < 4.78 is 8.07. The molecule has 6 heteroatoms. The molecule has 0 bridgehead atoms. The van der Waals surface area contributed by atoms with Crippen LogP contribution in [-0.4, -0.2) is 39.7 Å². The molecule has 1 N–H and O–H groups in total. The molecule has 1 saturated carbocycles. The van der Waals surface area contributed by atoms with Crippen molar-refractivity contribution in [2.24, 2.45) is 0 Å². The largest absolute Gasteiger partial charge is 0.490 e. The van der Waals surface area contributed by atoms with E-state index in [-0.39, 0.29) is 6.03 Å². The van der Waals surface area contributed by atoms with Crippen LogP contribution in [0.5, 0.6) is 5.75 Å². The van der Waals surface area contributed by atoms with Gasteiger partial charge in [-0.15, -0.1) is 0 Å². The van der Waals surface area contributed by atoms with E-state index in [2.05, 4.69) is 14.9 Å².